The minimum Gasteiger partial charge on any atom is -0.460 e. The molecule has 2 atom stereocenters. The number of aryl methyl sites for hydroxylation is 1. The molecule has 2 aliphatic heterocycles. The van der Waals surface area contributed by atoms with Crippen molar-refractivity contribution in [3.63, 3.8) is 0 Å². The Bertz CT molecular complexity index is 2010. The first-order valence-corrected chi connectivity index (χ1v) is 15.6. The average Bonchev–Trinajstić information content (AvgIpc) is 3.62. The van der Waals surface area contributed by atoms with Crippen molar-refractivity contribution in [3.8, 4) is 28.3 Å². The highest BCUT2D eigenvalue weighted by Gasteiger charge is 2.45. The van der Waals surface area contributed by atoms with Crippen LogP contribution in [0.3, 0.4) is 0 Å². The second-order valence-corrected chi connectivity index (χ2v) is 13.5. The van der Waals surface area contributed by atoms with E-state index in [-0.39, 0.29) is 30.2 Å². The number of carbonyl (C=O) groups excluding carboxylic acids is 1. The van der Waals surface area contributed by atoms with E-state index in [1.807, 2.05) is 45.9 Å². The van der Waals surface area contributed by atoms with Crippen LogP contribution in [0.15, 0.2) is 48.8 Å². The van der Waals surface area contributed by atoms with Gasteiger partial charge in [0, 0.05) is 40.9 Å². The monoisotopic (exact) mass is 625 g/mol. The second-order valence-electron chi connectivity index (χ2n) is 13.5. The third kappa shape index (κ3) is 4.48. The molecule has 1 aliphatic carbocycles. The van der Waals surface area contributed by atoms with Crippen LogP contribution in [0.1, 0.15) is 88.0 Å². The number of esters is 1. The molecule has 0 radical (unpaired) electrons. The number of fused-ring (bicyclic) bond motifs is 6. The van der Waals surface area contributed by atoms with E-state index in [4.69, 9.17) is 24.4 Å². The van der Waals surface area contributed by atoms with Crippen LogP contribution in [0.5, 0.6) is 5.75 Å². The minimum atomic E-state index is -2.97. The maximum Gasteiger partial charge on any atom is 0.387 e. The smallest absolute Gasteiger partial charge is 0.387 e. The maximum absolute atomic E-state index is 13.6. The minimum absolute atomic E-state index is 0.122. The summed E-state index contributed by atoms with van der Waals surface area (Å²) in [6.07, 6.45) is 7.17. The molecular weight excluding hydrogens is 592 g/mol. The fourth-order valence-electron chi connectivity index (χ4n) is 7.44. The topological polar surface area (TPSA) is 110 Å². The first kappa shape index (κ1) is 28.7. The van der Waals surface area contributed by atoms with Gasteiger partial charge < -0.3 is 18.6 Å². The van der Waals surface area contributed by atoms with E-state index in [2.05, 4.69) is 25.4 Å². The summed E-state index contributed by atoms with van der Waals surface area (Å²) < 4.78 is 42.1. The normalized spacial score (nSPS) is 19.3. The van der Waals surface area contributed by atoms with Gasteiger partial charge in [0.1, 0.15) is 28.8 Å². The summed E-state index contributed by atoms with van der Waals surface area (Å²) >= 11 is 0. The number of benzene rings is 2. The Kier molecular flexibility index (Phi) is 6.32. The van der Waals surface area contributed by atoms with Gasteiger partial charge in [-0.2, -0.15) is 8.78 Å². The Balaban J connectivity index is 1.19. The Morgan fingerprint density at radius 1 is 1.04 bits per heavy atom. The number of aromatic nitrogens is 7. The lowest BCUT2D eigenvalue weighted by atomic mass is 9.66. The van der Waals surface area contributed by atoms with Crippen LogP contribution in [0, 0.1) is 6.92 Å². The molecule has 0 saturated heterocycles. The van der Waals surface area contributed by atoms with Gasteiger partial charge in [-0.1, -0.05) is 24.6 Å². The summed E-state index contributed by atoms with van der Waals surface area (Å²) in [5.74, 6) is 2.70. The lowest BCUT2D eigenvalue weighted by Gasteiger charge is -2.40. The van der Waals surface area contributed by atoms with E-state index < -0.39 is 17.6 Å². The van der Waals surface area contributed by atoms with Gasteiger partial charge in [-0.15, -0.1) is 10.2 Å². The first-order chi connectivity index (χ1) is 22.0. The van der Waals surface area contributed by atoms with Crippen molar-refractivity contribution in [2.24, 2.45) is 0 Å². The Hall–Kier alpha value is -4.74. The zero-order valence-corrected chi connectivity index (χ0v) is 26.0. The molecule has 10 nitrogen and oxygen atoms in total. The number of imidazole rings is 1. The molecule has 46 heavy (non-hydrogen) atoms. The van der Waals surface area contributed by atoms with Crippen LogP contribution in [-0.2, 0) is 14.9 Å². The summed E-state index contributed by atoms with van der Waals surface area (Å²) in [6.45, 7) is 4.53. The SMILES string of the molecule is Cc1nnc2n1[C@@H]1C[C@H](c3c(OC(F)F)cccc3-2)n2c1nc1ccc(-c3cnc(C4(CC(=O)OC(C)(C)C)CCC4)nc3)cc12. The van der Waals surface area contributed by atoms with Gasteiger partial charge in [-0.05, 0) is 64.3 Å². The van der Waals surface area contributed by atoms with Gasteiger partial charge >= 0.3 is 12.6 Å². The molecule has 0 N–H and O–H groups in total. The average molecular weight is 626 g/mol. The first-order valence-electron chi connectivity index (χ1n) is 15.6. The molecule has 2 aromatic carbocycles. The molecular formula is C34H33F2N7O3. The standard InChI is InChI=1S/C34H33F2N7O3/c1-18-40-41-29-21-7-5-8-26(45-32(35)36)28(21)24-14-25(42(18)29)30-39-22-10-9-19(13-23(22)43(24)30)20-16-37-31(38-17-20)34(11-6-12-34)15-27(44)46-33(2,3)4/h5,7-10,13,16-17,24-25,32H,6,11-12,14-15H2,1-4H3/t24-,25-/m1/s1. The Morgan fingerprint density at radius 3 is 2.52 bits per heavy atom. The summed E-state index contributed by atoms with van der Waals surface area (Å²) in [7, 11) is 0. The maximum atomic E-state index is 13.6. The van der Waals surface area contributed by atoms with Gasteiger partial charge in [0.05, 0.1) is 29.5 Å². The van der Waals surface area contributed by atoms with Crippen LogP contribution in [0.2, 0.25) is 0 Å². The molecule has 0 amide bonds. The van der Waals surface area contributed by atoms with Crippen molar-refractivity contribution in [1.82, 2.24) is 34.3 Å². The number of rotatable bonds is 6. The van der Waals surface area contributed by atoms with Crippen LogP contribution in [0.25, 0.3) is 33.5 Å². The van der Waals surface area contributed by atoms with Crippen molar-refractivity contribution in [1.29, 1.82) is 0 Å². The quantitative estimate of drug-likeness (QED) is 0.192. The fraction of sp³-hybridized carbons (Fsp3) is 0.412. The number of ether oxygens (including phenoxy) is 2. The van der Waals surface area contributed by atoms with Crippen molar-refractivity contribution in [2.75, 3.05) is 0 Å². The summed E-state index contributed by atoms with van der Waals surface area (Å²) in [6, 6.07) is 10.7. The van der Waals surface area contributed by atoms with Gasteiger partial charge in [-0.3, -0.25) is 4.79 Å². The highest BCUT2D eigenvalue weighted by Crippen LogP contribution is 2.52. The highest BCUT2D eigenvalue weighted by molar-refractivity contribution is 5.84. The largest absolute Gasteiger partial charge is 0.460 e. The predicted molar refractivity (Wildman–Crippen MR) is 164 cm³/mol. The molecule has 12 heteroatoms. The van der Waals surface area contributed by atoms with Gasteiger partial charge in [-0.25, -0.2) is 15.0 Å². The van der Waals surface area contributed by atoms with Crippen LogP contribution < -0.4 is 4.74 Å². The predicted octanol–water partition coefficient (Wildman–Crippen LogP) is 6.71. The van der Waals surface area contributed by atoms with E-state index in [0.717, 1.165) is 58.6 Å². The molecule has 3 aliphatic rings. The molecule has 1 saturated carbocycles. The Labute approximate surface area is 263 Å². The molecule has 1 fully saturated rings. The molecule has 236 valence electrons. The highest BCUT2D eigenvalue weighted by atomic mass is 19.3. The molecule has 8 rings (SSSR count). The second kappa shape index (κ2) is 10.1. The third-order valence-electron chi connectivity index (χ3n) is 9.48. The van der Waals surface area contributed by atoms with E-state index >= 15 is 0 Å². The lowest BCUT2D eigenvalue weighted by molar-refractivity contribution is -0.157. The van der Waals surface area contributed by atoms with Crippen molar-refractivity contribution < 1.29 is 23.0 Å². The molecule has 5 aromatic rings. The molecule has 5 heterocycles. The van der Waals surface area contributed by atoms with Gasteiger partial charge in [0.15, 0.2) is 5.82 Å². The van der Waals surface area contributed by atoms with E-state index in [9.17, 15) is 13.6 Å². The van der Waals surface area contributed by atoms with Crippen LogP contribution >= 0.6 is 0 Å². The van der Waals surface area contributed by atoms with Crippen LogP contribution in [0.4, 0.5) is 8.78 Å². The van der Waals surface area contributed by atoms with E-state index in [0.29, 0.717) is 23.6 Å². The molecule has 0 spiro atoms. The molecule has 3 aromatic heterocycles. The number of hydrogen-bond donors (Lipinski definition) is 0. The third-order valence-corrected chi connectivity index (χ3v) is 9.48. The van der Waals surface area contributed by atoms with Crippen LogP contribution in [-0.4, -0.2) is 52.5 Å². The number of alkyl halides is 2. The Morgan fingerprint density at radius 2 is 1.83 bits per heavy atom. The summed E-state index contributed by atoms with van der Waals surface area (Å²) in [5.41, 5.74) is 3.79. The van der Waals surface area contributed by atoms with Gasteiger partial charge in [0.2, 0.25) is 0 Å². The van der Waals surface area contributed by atoms with Crippen molar-refractivity contribution in [3.05, 3.63) is 71.8 Å². The molecule has 0 unspecified atom stereocenters. The van der Waals surface area contributed by atoms with Crippen molar-refractivity contribution >= 4 is 17.0 Å². The number of carbonyl (C=O) groups is 1. The summed E-state index contributed by atoms with van der Waals surface area (Å²) in [5, 5.41) is 8.78. The number of nitrogens with zero attached hydrogens (tertiary/aromatic N) is 7. The van der Waals surface area contributed by atoms with E-state index in [1.54, 1.807) is 24.5 Å². The number of hydrogen-bond acceptors (Lipinski definition) is 8. The summed E-state index contributed by atoms with van der Waals surface area (Å²) in [4.78, 5) is 27.3. The molecule has 2 bridgehead atoms. The zero-order chi connectivity index (χ0) is 32.0. The van der Waals surface area contributed by atoms with E-state index in [1.165, 1.54) is 0 Å². The fourth-order valence-corrected chi connectivity index (χ4v) is 7.44. The number of halogens is 2. The van der Waals surface area contributed by atoms with Gasteiger partial charge in [0.25, 0.3) is 0 Å². The van der Waals surface area contributed by atoms with Crippen molar-refractivity contribution in [2.45, 2.75) is 89.5 Å². The lowest BCUT2D eigenvalue weighted by Crippen LogP contribution is -2.40. The zero-order valence-electron chi connectivity index (χ0n) is 26.0.